The van der Waals surface area contributed by atoms with Crippen LogP contribution in [0.3, 0.4) is 0 Å². The Bertz CT molecular complexity index is 130. The van der Waals surface area contributed by atoms with Crippen LogP contribution in [-0.2, 0) is 4.89 Å². The van der Waals surface area contributed by atoms with E-state index in [-0.39, 0.29) is 0 Å². The normalized spacial score (nSPS) is 20.8. The first-order chi connectivity index (χ1) is 6.04. The zero-order valence-electron chi connectivity index (χ0n) is 6.82. The predicted molar refractivity (Wildman–Crippen MR) is 39.7 cm³/mol. The first-order valence-electron chi connectivity index (χ1n) is 3.64. The molecule has 0 fully saturated rings. The quantitative estimate of drug-likeness (QED) is 0.197. The van der Waals surface area contributed by atoms with Crippen LogP contribution in [0.15, 0.2) is 0 Å². The number of aliphatic hydroxyl groups is 5. The third-order valence-corrected chi connectivity index (χ3v) is 1.57. The van der Waals surface area contributed by atoms with Gasteiger partial charge in [-0.1, -0.05) is 0 Å². The van der Waals surface area contributed by atoms with E-state index in [4.69, 9.17) is 30.8 Å². The van der Waals surface area contributed by atoms with Gasteiger partial charge < -0.3 is 25.5 Å². The van der Waals surface area contributed by atoms with Crippen LogP contribution in [0.5, 0.6) is 0 Å². The van der Waals surface area contributed by atoms with Crippen molar-refractivity contribution in [1.29, 1.82) is 0 Å². The molecule has 0 aromatic rings. The largest absolute Gasteiger partial charge is 0.394 e. The highest BCUT2D eigenvalue weighted by Gasteiger charge is 2.29. The molecule has 6 N–H and O–H groups in total. The number of rotatable bonds is 6. The summed E-state index contributed by atoms with van der Waals surface area (Å²) in [5, 5.41) is 52.1. The lowest BCUT2D eigenvalue weighted by Crippen LogP contribution is -2.47. The zero-order chi connectivity index (χ0) is 10.4. The Morgan fingerprint density at radius 1 is 0.923 bits per heavy atom. The SMILES string of the molecule is OCC(O)C(O)C(O)C(O)COO. The summed E-state index contributed by atoms with van der Waals surface area (Å²) in [6.45, 7) is -1.35. The summed E-state index contributed by atoms with van der Waals surface area (Å²) in [4.78, 5) is 3.52. The minimum absolute atomic E-state index is 0.601. The van der Waals surface area contributed by atoms with Gasteiger partial charge >= 0.3 is 0 Å². The molecule has 0 saturated carbocycles. The Morgan fingerprint density at radius 3 is 1.77 bits per heavy atom. The van der Waals surface area contributed by atoms with Gasteiger partial charge in [0, 0.05) is 0 Å². The molecule has 80 valence electrons. The molecule has 0 aliphatic rings. The zero-order valence-corrected chi connectivity index (χ0v) is 6.82. The van der Waals surface area contributed by atoms with Crippen LogP contribution < -0.4 is 0 Å². The Hall–Kier alpha value is -0.280. The summed E-state index contributed by atoms with van der Waals surface area (Å²) in [5.74, 6) is 0. The molecule has 0 radical (unpaired) electrons. The predicted octanol–water partition coefficient (Wildman–Crippen LogP) is -3.09. The monoisotopic (exact) mass is 198 g/mol. The first-order valence-corrected chi connectivity index (χ1v) is 3.64. The van der Waals surface area contributed by atoms with Crippen LogP contribution in [0.1, 0.15) is 0 Å². The van der Waals surface area contributed by atoms with Gasteiger partial charge in [0.05, 0.1) is 6.61 Å². The van der Waals surface area contributed by atoms with Crippen LogP contribution in [-0.4, -0.2) is 68.4 Å². The summed E-state index contributed by atoms with van der Waals surface area (Å²) in [5.41, 5.74) is 0. The average Bonchev–Trinajstić information content (AvgIpc) is 2.14. The van der Waals surface area contributed by atoms with Gasteiger partial charge in [-0.25, -0.2) is 4.89 Å². The van der Waals surface area contributed by atoms with Crippen molar-refractivity contribution in [3.05, 3.63) is 0 Å². The molecule has 0 amide bonds. The van der Waals surface area contributed by atoms with Gasteiger partial charge in [-0.05, 0) is 0 Å². The minimum atomic E-state index is -1.70. The van der Waals surface area contributed by atoms with Crippen molar-refractivity contribution in [3.8, 4) is 0 Å². The van der Waals surface area contributed by atoms with E-state index in [9.17, 15) is 0 Å². The van der Waals surface area contributed by atoms with E-state index >= 15 is 0 Å². The molecule has 0 aliphatic heterocycles. The van der Waals surface area contributed by atoms with Crippen LogP contribution in [0, 0.1) is 0 Å². The fourth-order valence-corrected chi connectivity index (χ4v) is 0.738. The fraction of sp³-hybridized carbons (Fsp3) is 1.00. The maximum atomic E-state index is 9.06. The van der Waals surface area contributed by atoms with E-state index in [2.05, 4.69) is 4.89 Å². The summed E-state index contributed by atoms with van der Waals surface area (Å²) in [6, 6.07) is 0. The van der Waals surface area contributed by atoms with Crippen molar-refractivity contribution in [2.75, 3.05) is 13.2 Å². The molecule has 0 rings (SSSR count). The highest BCUT2D eigenvalue weighted by atomic mass is 17.1. The van der Waals surface area contributed by atoms with Gasteiger partial charge in [-0.15, -0.1) is 0 Å². The maximum absolute atomic E-state index is 9.06. The third-order valence-electron chi connectivity index (χ3n) is 1.57. The topological polar surface area (TPSA) is 131 Å². The van der Waals surface area contributed by atoms with Gasteiger partial charge in [-0.3, -0.25) is 5.26 Å². The second-order valence-corrected chi connectivity index (χ2v) is 2.59. The Balaban J connectivity index is 3.99. The van der Waals surface area contributed by atoms with Crippen molar-refractivity contribution >= 4 is 0 Å². The second-order valence-electron chi connectivity index (χ2n) is 2.59. The van der Waals surface area contributed by atoms with Crippen LogP contribution >= 0.6 is 0 Å². The summed E-state index contributed by atoms with van der Waals surface area (Å²) >= 11 is 0. The van der Waals surface area contributed by atoms with E-state index < -0.39 is 37.6 Å². The number of hydrogen-bond acceptors (Lipinski definition) is 7. The summed E-state index contributed by atoms with van der Waals surface area (Å²) in [6.07, 6.45) is -6.49. The van der Waals surface area contributed by atoms with Gasteiger partial charge in [-0.2, -0.15) is 0 Å². The molecule has 0 saturated heterocycles. The molecule has 0 bridgehead atoms. The van der Waals surface area contributed by atoms with E-state index in [0.29, 0.717) is 0 Å². The van der Waals surface area contributed by atoms with Gasteiger partial charge in [0.1, 0.15) is 31.0 Å². The van der Waals surface area contributed by atoms with E-state index in [1.165, 1.54) is 0 Å². The van der Waals surface area contributed by atoms with Crippen LogP contribution in [0.4, 0.5) is 0 Å². The van der Waals surface area contributed by atoms with E-state index in [0.717, 1.165) is 0 Å². The standard InChI is InChI=1S/C6H14O7/c7-1-3(8)5(10)6(11)4(9)2-13-12/h3-12H,1-2H2. The van der Waals surface area contributed by atoms with Gasteiger partial charge in [0.25, 0.3) is 0 Å². The molecule has 7 heteroatoms. The third kappa shape index (κ3) is 3.96. The molecule has 0 aliphatic carbocycles. The molecule has 7 nitrogen and oxygen atoms in total. The first kappa shape index (κ1) is 12.7. The molecular weight excluding hydrogens is 184 g/mol. The lowest BCUT2D eigenvalue weighted by Gasteiger charge is -2.24. The lowest BCUT2D eigenvalue weighted by atomic mass is 10.0. The van der Waals surface area contributed by atoms with E-state index in [1.807, 2.05) is 0 Å². The molecular formula is C6H14O7. The molecule has 4 atom stereocenters. The molecule has 0 heterocycles. The van der Waals surface area contributed by atoms with Crippen molar-refractivity contribution in [2.45, 2.75) is 24.4 Å². The van der Waals surface area contributed by atoms with Gasteiger partial charge in [0.2, 0.25) is 0 Å². The summed E-state index contributed by atoms with van der Waals surface area (Å²) < 4.78 is 0. The van der Waals surface area contributed by atoms with Gasteiger partial charge in [0.15, 0.2) is 0 Å². The number of hydrogen-bond donors (Lipinski definition) is 6. The van der Waals surface area contributed by atoms with E-state index in [1.54, 1.807) is 0 Å². The highest BCUT2D eigenvalue weighted by molar-refractivity contribution is 4.79. The van der Waals surface area contributed by atoms with Crippen LogP contribution in [0.25, 0.3) is 0 Å². The van der Waals surface area contributed by atoms with Crippen molar-refractivity contribution in [2.24, 2.45) is 0 Å². The van der Waals surface area contributed by atoms with Crippen molar-refractivity contribution < 1.29 is 35.7 Å². The summed E-state index contributed by atoms with van der Waals surface area (Å²) in [7, 11) is 0. The molecule has 0 aromatic heterocycles. The highest BCUT2D eigenvalue weighted by Crippen LogP contribution is 2.04. The lowest BCUT2D eigenvalue weighted by molar-refractivity contribution is -0.267. The minimum Gasteiger partial charge on any atom is -0.394 e. The average molecular weight is 198 g/mol. The smallest absolute Gasteiger partial charge is 0.111 e. The number of aliphatic hydroxyl groups excluding tert-OH is 5. The van der Waals surface area contributed by atoms with Crippen molar-refractivity contribution in [1.82, 2.24) is 0 Å². The molecule has 13 heavy (non-hydrogen) atoms. The van der Waals surface area contributed by atoms with Crippen molar-refractivity contribution in [3.63, 3.8) is 0 Å². The molecule has 0 aromatic carbocycles. The molecule has 0 spiro atoms. The Labute approximate surface area is 74.4 Å². The molecule has 4 unspecified atom stereocenters. The second kappa shape index (κ2) is 6.22. The van der Waals surface area contributed by atoms with Crippen LogP contribution in [0.2, 0.25) is 0 Å². The Morgan fingerprint density at radius 2 is 1.38 bits per heavy atom. The Kier molecular flexibility index (Phi) is 6.08. The maximum Gasteiger partial charge on any atom is 0.111 e. The fourth-order valence-electron chi connectivity index (χ4n) is 0.738.